The number of aliphatic hydroxyl groups is 6. The molecule has 0 bridgehead atoms. The maximum atomic E-state index is 12.6. The van der Waals surface area contributed by atoms with Gasteiger partial charge in [0.05, 0.1) is 19.6 Å². The minimum absolute atomic E-state index is 0.00459. The van der Waals surface area contributed by atoms with Crippen LogP contribution < -0.4 is 9.47 Å². The second-order valence-corrected chi connectivity index (χ2v) is 9.82. The van der Waals surface area contributed by atoms with Crippen molar-refractivity contribution >= 4 is 5.78 Å². The topological polar surface area (TPSA) is 225 Å². The minimum Gasteiger partial charge on any atom is -0.508 e. The van der Waals surface area contributed by atoms with Gasteiger partial charge in [-0.15, -0.1) is 0 Å². The molecule has 10 unspecified atom stereocenters. The Bertz CT molecular complexity index is 1200. The smallest absolute Gasteiger partial charge is 0.229 e. The molecule has 3 heterocycles. The number of ketones is 1. The van der Waals surface area contributed by atoms with Crippen molar-refractivity contribution in [3.8, 4) is 23.0 Å². The molecule has 2 fully saturated rings. The lowest BCUT2D eigenvalue weighted by Crippen LogP contribution is -2.63. The molecular weight excluding hydrogens is 536 g/mol. The first-order valence-electron chi connectivity index (χ1n) is 12.5. The summed E-state index contributed by atoms with van der Waals surface area (Å²) in [6.07, 6.45) is -14.2. The lowest BCUT2D eigenvalue weighted by molar-refractivity contribution is -0.339. The number of Topliss-reactive ketones (excluding diaryl/α,β-unsaturated/α-hetero) is 1. The number of ether oxygens (including phenoxy) is 5. The van der Waals surface area contributed by atoms with E-state index in [2.05, 4.69) is 0 Å². The molecule has 2 aromatic carbocycles. The number of phenolic OH excluding ortho intramolecular Hbond substituents is 2. The van der Waals surface area contributed by atoms with Crippen LogP contribution in [0.25, 0.3) is 0 Å². The maximum absolute atomic E-state index is 12.6. The van der Waals surface area contributed by atoms with E-state index in [0.29, 0.717) is 5.56 Å². The van der Waals surface area contributed by atoms with E-state index in [1.165, 1.54) is 18.2 Å². The van der Waals surface area contributed by atoms with Crippen LogP contribution in [0, 0.1) is 0 Å². The van der Waals surface area contributed by atoms with Crippen molar-refractivity contribution < 1.29 is 69.3 Å². The van der Waals surface area contributed by atoms with Gasteiger partial charge in [-0.05, 0) is 17.7 Å². The molecule has 2 aromatic rings. The fraction of sp³-hybridized carbons (Fsp3) is 0.500. The second-order valence-electron chi connectivity index (χ2n) is 9.82. The van der Waals surface area contributed by atoms with Crippen LogP contribution in [0.3, 0.4) is 0 Å². The number of benzene rings is 2. The Labute approximate surface area is 227 Å². The maximum Gasteiger partial charge on any atom is 0.229 e. The van der Waals surface area contributed by atoms with Gasteiger partial charge < -0.3 is 64.5 Å². The van der Waals surface area contributed by atoms with Crippen molar-refractivity contribution in [3.05, 3.63) is 47.5 Å². The molecule has 5 rings (SSSR count). The number of carbonyl (C=O) groups excluding carboxylic acids is 1. The third-order valence-corrected chi connectivity index (χ3v) is 7.06. The van der Waals surface area contributed by atoms with Crippen molar-refractivity contribution in [2.75, 3.05) is 13.2 Å². The predicted octanol–water partition coefficient (Wildman–Crippen LogP) is -1.55. The molecule has 14 nitrogen and oxygen atoms in total. The number of hydrogen-bond acceptors (Lipinski definition) is 14. The molecule has 0 aliphatic carbocycles. The highest BCUT2D eigenvalue weighted by Crippen LogP contribution is 2.42. The Morgan fingerprint density at radius 3 is 2.30 bits per heavy atom. The minimum atomic E-state index is -1.67. The Balaban J connectivity index is 1.24. The SMILES string of the molecule is O=C1CC(c2ccc(OC3OC(CO)C(OC4OCC(O)C(O)C4O)C(O)C3O)cc2)Oc2cc(O)cc(O)c21. The van der Waals surface area contributed by atoms with Gasteiger partial charge in [0.1, 0.15) is 77.4 Å². The molecule has 2 saturated heterocycles. The molecule has 10 atom stereocenters. The standard InChI is InChI=1S/C26H30O14/c27-8-18-24(40-25-22(34)20(32)15(31)9-36-25)21(33)23(35)26(39-18)37-12-3-1-10(2-4-12)16-7-14(30)19-13(29)5-11(28)6-17(19)38-16/h1-6,15-16,18,20-29,31-35H,7-9H2. The Morgan fingerprint density at radius 2 is 1.60 bits per heavy atom. The largest absolute Gasteiger partial charge is 0.508 e. The van der Waals surface area contributed by atoms with Gasteiger partial charge in [0.25, 0.3) is 0 Å². The van der Waals surface area contributed by atoms with E-state index in [0.717, 1.165) is 6.07 Å². The summed E-state index contributed by atoms with van der Waals surface area (Å²) in [6.45, 7) is -1.01. The molecule has 40 heavy (non-hydrogen) atoms. The highest BCUT2D eigenvalue weighted by atomic mass is 16.7. The van der Waals surface area contributed by atoms with E-state index in [4.69, 9.17) is 23.7 Å². The molecule has 0 saturated carbocycles. The van der Waals surface area contributed by atoms with Gasteiger partial charge >= 0.3 is 0 Å². The summed E-state index contributed by atoms with van der Waals surface area (Å²) in [5, 5.41) is 80.5. The van der Waals surface area contributed by atoms with E-state index in [1.54, 1.807) is 12.1 Å². The monoisotopic (exact) mass is 566 g/mol. The number of rotatable bonds is 6. The van der Waals surface area contributed by atoms with E-state index >= 15 is 0 Å². The van der Waals surface area contributed by atoms with Gasteiger partial charge in [0, 0.05) is 12.1 Å². The van der Waals surface area contributed by atoms with Crippen molar-refractivity contribution in [1.29, 1.82) is 0 Å². The lowest BCUT2D eigenvalue weighted by atomic mass is 9.95. The van der Waals surface area contributed by atoms with Crippen molar-refractivity contribution in [2.24, 2.45) is 0 Å². The molecule has 0 radical (unpaired) electrons. The zero-order valence-electron chi connectivity index (χ0n) is 20.9. The summed E-state index contributed by atoms with van der Waals surface area (Å²) in [5.74, 6) is -0.731. The zero-order chi connectivity index (χ0) is 28.7. The Kier molecular flexibility index (Phi) is 8.15. The second kappa shape index (κ2) is 11.4. The van der Waals surface area contributed by atoms with Crippen LogP contribution in [0.5, 0.6) is 23.0 Å². The highest BCUT2D eigenvalue weighted by molar-refractivity contribution is 6.02. The van der Waals surface area contributed by atoms with Crippen molar-refractivity contribution in [2.45, 2.75) is 67.8 Å². The van der Waals surface area contributed by atoms with E-state index in [-0.39, 0.29) is 47.4 Å². The van der Waals surface area contributed by atoms with Crippen LogP contribution in [0.1, 0.15) is 28.4 Å². The number of aliphatic hydroxyl groups excluding tert-OH is 6. The van der Waals surface area contributed by atoms with E-state index in [9.17, 15) is 45.6 Å². The summed E-state index contributed by atoms with van der Waals surface area (Å²) in [5.41, 5.74) is 0.578. The molecule has 0 amide bonds. The normalized spacial score (nSPS) is 36.0. The van der Waals surface area contributed by atoms with Gasteiger partial charge in [-0.1, -0.05) is 12.1 Å². The van der Waals surface area contributed by atoms with Crippen LogP contribution in [-0.4, -0.2) is 115 Å². The number of phenols is 2. The quantitative estimate of drug-likeness (QED) is 0.198. The summed E-state index contributed by atoms with van der Waals surface area (Å²) in [4.78, 5) is 12.6. The summed E-state index contributed by atoms with van der Waals surface area (Å²) < 4.78 is 27.8. The van der Waals surface area contributed by atoms with Gasteiger partial charge in [-0.3, -0.25) is 4.79 Å². The Morgan fingerprint density at radius 1 is 0.900 bits per heavy atom. The molecule has 8 N–H and O–H groups in total. The molecule has 3 aliphatic rings. The predicted molar refractivity (Wildman–Crippen MR) is 130 cm³/mol. The van der Waals surface area contributed by atoms with E-state index < -0.39 is 68.0 Å². The number of hydrogen-bond donors (Lipinski definition) is 8. The summed E-state index contributed by atoms with van der Waals surface area (Å²) in [6, 6.07) is 8.52. The van der Waals surface area contributed by atoms with Gasteiger partial charge in [-0.25, -0.2) is 0 Å². The third-order valence-electron chi connectivity index (χ3n) is 7.06. The molecule has 0 spiro atoms. The fourth-order valence-corrected chi connectivity index (χ4v) is 4.88. The van der Waals surface area contributed by atoms with Crippen molar-refractivity contribution in [1.82, 2.24) is 0 Å². The van der Waals surface area contributed by atoms with Gasteiger partial charge in [-0.2, -0.15) is 0 Å². The first-order valence-corrected chi connectivity index (χ1v) is 12.5. The van der Waals surface area contributed by atoms with Crippen LogP contribution >= 0.6 is 0 Å². The summed E-state index contributed by atoms with van der Waals surface area (Å²) >= 11 is 0. The van der Waals surface area contributed by atoms with Crippen LogP contribution in [0.15, 0.2) is 36.4 Å². The molecule has 3 aliphatic heterocycles. The molecule has 14 heteroatoms. The van der Waals surface area contributed by atoms with Crippen LogP contribution in [0.4, 0.5) is 0 Å². The fourth-order valence-electron chi connectivity index (χ4n) is 4.88. The Hall–Kier alpha value is -3.05. The average molecular weight is 567 g/mol. The summed E-state index contributed by atoms with van der Waals surface area (Å²) in [7, 11) is 0. The van der Waals surface area contributed by atoms with Crippen molar-refractivity contribution in [3.63, 3.8) is 0 Å². The van der Waals surface area contributed by atoms with Gasteiger partial charge in [0.2, 0.25) is 6.29 Å². The third kappa shape index (κ3) is 5.45. The first kappa shape index (κ1) is 28.5. The number of fused-ring (bicyclic) bond motifs is 1. The average Bonchev–Trinajstić information content (AvgIpc) is 2.92. The molecular formula is C26H30O14. The number of carbonyl (C=O) groups is 1. The first-order chi connectivity index (χ1) is 19.1. The molecule has 218 valence electrons. The van der Waals surface area contributed by atoms with Crippen LogP contribution in [0.2, 0.25) is 0 Å². The van der Waals surface area contributed by atoms with E-state index in [1.807, 2.05) is 0 Å². The molecule has 0 aromatic heterocycles. The highest BCUT2D eigenvalue weighted by Gasteiger charge is 2.49. The van der Waals surface area contributed by atoms with Gasteiger partial charge in [0.15, 0.2) is 12.1 Å². The lowest BCUT2D eigenvalue weighted by Gasteiger charge is -2.44. The number of aromatic hydroxyl groups is 2. The van der Waals surface area contributed by atoms with Crippen LogP contribution in [-0.2, 0) is 14.2 Å². The zero-order valence-corrected chi connectivity index (χ0v) is 20.9.